The van der Waals surface area contributed by atoms with Gasteiger partial charge in [-0.25, -0.2) is 4.79 Å². The lowest BCUT2D eigenvalue weighted by Crippen LogP contribution is -2.32. The molecule has 1 saturated heterocycles. The van der Waals surface area contributed by atoms with E-state index in [1.807, 2.05) is 0 Å². The van der Waals surface area contributed by atoms with Gasteiger partial charge < -0.3 is 15.4 Å². The molecule has 1 fully saturated rings. The van der Waals surface area contributed by atoms with Gasteiger partial charge in [-0.05, 0) is 43.5 Å². The van der Waals surface area contributed by atoms with Gasteiger partial charge in [-0.3, -0.25) is 4.79 Å². The third-order valence-electron chi connectivity index (χ3n) is 3.26. The Hall–Kier alpha value is -2.04. The molecule has 0 atom stereocenters. The molecule has 0 aliphatic carbocycles. The van der Waals surface area contributed by atoms with E-state index in [-0.39, 0.29) is 12.5 Å². The number of amides is 1. The number of benzene rings is 1. The number of nitrogens with zero attached hydrogens (tertiary/aromatic N) is 1. The number of nitrogens with two attached hydrogens (primary N) is 1. The van der Waals surface area contributed by atoms with Crippen LogP contribution in [0.1, 0.15) is 28.8 Å². The maximum atomic E-state index is 11.9. The van der Waals surface area contributed by atoms with Crippen LogP contribution in [0.15, 0.2) is 18.2 Å². The standard InChI is InChI=1S/C14H18N2O3/c1-10-8-11(15)4-5-12(10)14(18)19-9-13(17)16-6-2-3-7-16/h4-5,8H,2-3,6-7,9,15H2,1H3. The van der Waals surface area contributed by atoms with Gasteiger partial charge in [0.25, 0.3) is 5.91 Å². The van der Waals surface area contributed by atoms with Crippen molar-refractivity contribution in [1.82, 2.24) is 4.90 Å². The van der Waals surface area contributed by atoms with Crippen molar-refractivity contribution in [3.8, 4) is 0 Å². The molecular weight excluding hydrogens is 244 g/mol. The largest absolute Gasteiger partial charge is 0.452 e. The van der Waals surface area contributed by atoms with E-state index in [0.29, 0.717) is 11.3 Å². The number of rotatable bonds is 3. The third-order valence-corrected chi connectivity index (χ3v) is 3.26. The number of ether oxygens (including phenoxy) is 1. The SMILES string of the molecule is Cc1cc(N)ccc1C(=O)OCC(=O)N1CCCC1. The Kier molecular flexibility index (Phi) is 4.04. The monoisotopic (exact) mass is 262 g/mol. The van der Waals surface area contributed by atoms with Crippen LogP contribution in [-0.4, -0.2) is 36.5 Å². The molecule has 19 heavy (non-hydrogen) atoms. The normalized spacial score (nSPS) is 14.5. The first-order valence-electron chi connectivity index (χ1n) is 6.39. The molecule has 0 aromatic heterocycles. The van der Waals surface area contributed by atoms with Gasteiger partial charge in [0.15, 0.2) is 6.61 Å². The summed E-state index contributed by atoms with van der Waals surface area (Å²) in [6, 6.07) is 4.97. The Balaban J connectivity index is 1.92. The van der Waals surface area contributed by atoms with Gasteiger partial charge in [0.1, 0.15) is 0 Å². The van der Waals surface area contributed by atoms with E-state index in [4.69, 9.17) is 10.5 Å². The maximum Gasteiger partial charge on any atom is 0.338 e. The number of carbonyl (C=O) groups excluding carboxylic acids is 2. The number of esters is 1. The van der Waals surface area contributed by atoms with Gasteiger partial charge >= 0.3 is 5.97 Å². The van der Waals surface area contributed by atoms with E-state index in [1.54, 1.807) is 30.0 Å². The van der Waals surface area contributed by atoms with Crippen molar-refractivity contribution in [1.29, 1.82) is 0 Å². The molecule has 5 heteroatoms. The molecule has 0 spiro atoms. The molecule has 102 valence electrons. The molecule has 1 aliphatic rings. The lowest BCUT2D eigenvalue weighted by molar-refractivity contribution is -0.133. The van der Waals surface area contributed by atoms with Gasteiger partial charge in [0.05, 0.1) is 5.56 Å². The fourth-order valence-corrected chi connectivity index (χ4v) is 2.18. The average Bonchev–Trinajstić information content (AvgIpc) is 2.89. The highest BCUT2D eigenvalue weighted by Crippen LogP contribution is 2.14. The number of likely N-dealkylation sites (tertiary alicyclic amines) is 1. The van der Waals surface area contributed by atoms with Crippen LogP contribution in [0.4, 0.5) is 5.69 Å². The number of hydrogen-bond acceptors (Lipinski definition) is 4. The quantitative estimate of drug-likeness (QED) is 0.659. The molecule has 2 N–H and O–H groups in total. The highest BCUT2D eigenvalue weighted by Gasteiger charge is 2.20. The Morgan fingerprint density at radius 1 is 1.32 bits per heavy atom. The van der Waals surface area contributed by atoms with Crippen LogP contribution in [0.25, 0.3) is 0 Å². The summed E-state index contributed by atoms with van der Waals surface area (Å²) >= 11 is 0. The molecule has 5 nitrogen and oxygen atoms in total. The second-order valence-electron chi connectivity index (χ2n) is 4.74. The highest BCUT2D eigenvalue weighted by atomic mass is 16.5. The average molecular weight is 262 g/mol. The van der Waals surface area contributed by atoms with Crippen LogP contribution >= 0.6 is 0 Å². The Morgan fingerprint density at radius 3 is 2.63 bits per heavy atom. The fourth-order valence-electron chi connectivity index (χ4n) is 2.18. The van der Waals surface area contributed by atoms with Gasteiger partial charge in [-0.15, -0.1) is 0 Å². The minimum absolute atomic E-state index is 0.126. The predicted octanol–water partition coefficient (Wildman–Crippen LogP) is 1.36. The lowest BCUT2D eigenvalue weighted by Gasteiger charge is -2.15. The van der Waals surface area contributed by atoms with Crippen molar-refractivity contribution < 1.29 is 14.3 Å². The third kappa shape index (κ3) is 3.24. The van der Waals surface area contributed by atoms with Crippen molar-refractivity contribution in [2.45, 2.75) is 19.8 Å². The number of anilines is 1. The summed E-state index contributed by atoms with van der Waals surface area (Å²) < 4.78 is 5.05. The lowest BCUT2D eigenvalue weighted by atomic mass is 10.1. The van der Waals surface area contributed by atoms with Gasteiger partial charge in [0, 0.05) is 18.8 Å². The number of hydrogen-bond donors (Lipinski definition) is 1. The summed E-state index contributed by atoms with van der Waals surface area (Å²) in [7, 11) is 0. The fraction of sp³-hybridized carbons (Fsp3) is 0.429. The zero-order valence-corrected chi connectivity index (χ0v) is 11.0. The smallest absolute Gasteiger partial charge is 0.338 e. The first-order chi connectivity index (χ1) is 9.08. The zero-order chi connectivity index (χ0) is 13.8. The Morgan fingerprint density at radius 2 is 2.00 bits per heavy atom. The van der Waals surface area contributed by atoms with Crippen molar-refractivity contribution >= 4 is 17.6 Å². The molecule has 1 aliphatic heterocycles. The van der Waals surface area contributed by atoms with E-state index in [2.05, 4.69) is 0 Å². The first-order valence-corrected chi connectivity index (χ1v) is 6.39. The summed E-state index contributed by atoms with van der Waals surface area (Å²) in [4.78, 5) is 25.3. The zero-order valence-electron chi connectivity index (χ0n) is 11.0. The Labute approximate surface area is 112 Å². The summed E-state index contributed by atoms with van der Waals surface area (Å²) in [6.07, 6.45) is 2.05. The number of nitrogen functional groups attached to an aromatic ring is 1. The van der Waals surface area contributed by atoms with Crippen LogP contribution < -0.4 is 5.73 Å². The molecule has 0 unspecified atom stereocenters. The molecular formula is C14H18N2O3. The summed E-state index contributed by atoms with van der Waals surface area (Å²) in [6.45, 7) is 3.12. The molecule has 1 heterocycles. The van der Waals surface area contributed by atoms with Crippen LogP contribution in [0, 0.1) is 6.92 Å². The molecule has 0 saturated carbocycles. The highest BCUT2D eigenvalue weighted by molar-refractivity contribution is 5.93. The number of aryl methyl sites for hydroxylation is 1. The molecule has 1 amide bonds. The van der Waals surface area contributed by atoms with Gasteiger partial charge in [-0.1, -0.05) is 0 Å². The van der Waals surface area contributed by atoms with Crippen molar-refractivity contribution in [3.05, 3.63) is 29.3 Å². The van der Waals surface area contributed by atoms with Crippen molar-refractivity contribution in [3.63, 3.8) is 0 Å². The maximum absolute atomic E-state index is 11.9. The van der Waals surface area contributed by atoms with E-state index >= 15 is 0 Å². The van der Waals surface area contributed by atoms with E-state index < -0.39 is 5.97 Å². The summed E-state index contributed by atoms with van der Waals surface area (Å²) in [5.74, 6) is -0.607. The second-order valence-corrected chi connectivity index (χ2v) is 4.74. The second kappa shape index (κ2) is 5.73. The number of carbonyl (C=O) groups is 2. The minimum Gasteiger partial charge on any atom is -0.452 e. The molecule has 0 radical (unpaired) electrons. The van der Waals surface area contributed by atoms with Gasteiger partial charge in [-0.2, -0.15) is 0 Å². The topological polar surface area (TPSA) is 72.6 Å². The van der Waals surface area contributed by atoms with E-state index in [1.165, 1.54) is 0 Å². The summed E-state index contributed by atoms with van der Waals surface area (Å²) in [5.41, 5.74) is 7.42. The predicted molar refractivity (Wildman–Crippen MR) is 71.7 cm³/mol. The van der Waals surface area contributed by atoms with Crippen LogP contribution in [0.5, 0.6) is 0 Å². The Bertz CT molecular complexity index is 493. The van der Waals surface area contributed by atoms with Crippen molar-refractivity contribution in [2.24, 2.45) is 0 Å². The molecule has 1 aromatic carbocycles. The van der Waals surface area contributed by atoms with Gasteiger partial charge in [0.2, 0.25) is 0 Å². The van der Waals surface area contributed by atoms with Crippen LogP contribution in [-0.2, 0) is 9.53 Å². The first kappa shape index (κ1) is 13.4. The molecule has 1 aromatic rings. The van der Waals surface area contributed by atoms with Crippen molar-refractivity contribution in [2.75, 3.05) is 25.4 Å². The van der Waals surface area contributed by atoms with Crippen LogP contribution in [0.2, 0.25) is 0 Å². The van der Waals surface area contributed by atoms with E-state index in [9.17, 15) is 9.59 Å². The molecule has 0 bridgehead atoms. The van der Waals surface area contributed by atoms with Crippen LogP contribution in [0.3, 0.4) is 0 Å². The van der Waals surface area contributed by atoms with E-state index in [0.717, 1.165) is 31.5 Å². The minimum atomic E-state index is -0.481. The molecule has 2 rings (SSSR count). The summed E-state index contributed by atoms with van der Waals surface area (Å²) in [5, 5.41) is 0.